The van der Waals surface area contributed by atoms with E-state index in [0.717, 1.165) is 12.1 Å². The molecule has 1 saturated heterocycles. The van der Waals surface area contributed by atoms with Crippen LogP contribution in [-0.2, 0) is 23.8 Å². The predicted molar refractivity (Wildman–Crippen MR) is 94.7 cm³/mol. The van der Waals surface area contributed by atoms with E-state index >= 15 is 0 Å². The van der Waals surface area contributed by atoms with Crippen molar-refractivity contribution >= 4 is 11.9 Å². The molecule has 3 rings (SSSR count). The first kappa shape index (κ1) is 18.2. The lowest BCUT2D eigenvalue weighted by atomic mass is 9.87. The number of carbonyl (C=O) groups excluding carboxylic acids is 1. The number of aryl methyl sites for hydroxylation is 1. The van der Waals surface area contributed by atoms with Crippen molar-refractivity contribution in [1.82, 2.24) is 24.2 Å². The average Bonchev–Trinajstić information content (AvgIpc) is 3.24. The highest BCUT2D eigenvalue weighted by Crippen LogP contribution is 2.31. The van der Waals surface area contributed by atoms with Crippen LogP contribution in [0.2, 0.25) is 0 Å². The molecule has 1 amide bonds. The van der Waals surface area contributed by atoms with Gasteiger partial charge in [0, 0.05) is 32.5 Å². The lowest BCUT2D eigenvalue weighted by Crippen LogP contribution is -2.52. The maximum Gasteiger partial charge on any atom is 0.330 e. The summed E-state index contributed by atoms with van der Waals surface area (Å²) in [6, 6.07) is 1.84. The maximum atomic E-state index is 12.9. The lowest BCUT2D eigenvalue weighted by Gasteiger charge is -2.39. The van der Waals surface area contributed by atoms with Gasteiger partial charge in [0.1, 0.15) is 11.2 Å². The molecule has 2 aromatic heterocycles. The molecule has 1 N–H and O–H groups in total. The third-order valence-corrected chi connectivity index (χ3v) is 5.04. The number of piperidine rings is 1. The molecule has 0 radical (unpaired) electrons. The van der Waals surface area contributed by atoms with Crippen molar-refractivity contribution in [2.75, 3.05) is 13.1 Å². The number of rotatable bonds is 5. The Hall–Kier alpha value is -2.64. The number of likely N-dealkylation sites (tertiary alicyclic amines) is 1. The van der Waals surface area contributed by atoms with Crippen LogP contribution in [0.3, 0.4) is 0 Å². The van der Waals surface area contributed by atoms with Gasteiger partial charge in [-0.1, -0.05) is 13.8 Å². The van der Waals surface area contributed by atoms with E-state index in [-0.39, 0.29) is 5.91 Å². The summed E-state index contributed by atoms with van der Waals surface area (Å²) in [5, 5.41) is 14.2. The van der Waals surface area contributed by atoms with Crippen molar-refractivity contribution < 1.29 is 14.7 Å². The van der Waals surface area contributed by atoms with Gasteiger partial charge in [0.25, 0.3) is 5.91 Å². The third-order valence-electron chi connectivity index (χ3n) is 5.04. The van der Waals surface area contributed by atoms with Gasteiger partial charge in [-0.25, -0.2) is 9.78 Å². The Morgan fingerprint density at radius 1 is 1.31 bits per heavy atom. The minimum Gasteiger partial charge on any atom is -0.479 e. The third kappa shape index (κ3) is 3.23. The van der Waals surface area contributed by atoms with E-state index in [9.17, 15) is 14.7 Å². The Kier molecular flexibility index (Phi) is 4.84. The molecule has 0 aliphatic carbocycles. The molecule has 8 heteroatoms. The highest BCUT2D eigenvalue weighted by Gasteiger charge is 2.44. The largest absolute Gasteiger partial charge is 0.479 e. The molecule has 140 valence electrons. The Balaban J connectivity index is 1.74. The first-order valence-electron chi connectivity index (χ1n) is 8.87. The Morgan fingerprint density at radius 3 is 2.54 bits per heavy atom. The van der Waals surface area contributed by atoms with Crippen molar-refractivity contribution in [3.63, 3.8) is 0 Å². The fraction of sp³-hybridized carbons (Fsp3) is 0.556. The fourth-order valence-corrected chi connectivity index (χ4v) is 3.58. The first-order chi connectivity index (χ1) is 12.3. The second kappa shape index (κ2) is 6.93. The zero-order valence-electron chi connectivity index (χ0n) is 15.4. The zero-order valence-corrected chi connectivity index (χ0v) is 15.4. The SMILES string of the molecule is CC(C)Cc1cc(C(=O)N2CCC(C(=O)O)(n3ccnc3)CC2)n(C)n1. The number of carbonyl (C=O) groups is 2. The topological polar surface area (TPSA) is 93.3 Å². The molecule has 1 aliphatic heterocycles. The summed E-state index contributed by atoms with van der Waals surface area (Å²) < 4.78 is 3.26. The molecule has 0 aromatic carbocycles. The molecule has 0 bridgehead atoms. The van der Waals surface area contributed by atoms with Crippen molar-refractivity contribution in [2.45, 2.75) is 38.6 Å². The normalized spacial score (nSPS) is 16.8. The molecule has 26 heavy (non-hydrogen) atoms. The van der Waals surface area contributed by atoms with Crippen LogP contribution in [0.15, 0.2) is 24.8 Å². The van der Waals surface area contributed by atoms with E-state index in [0.29, 0.717) is 37.5 Å². The van der Waals surface area contributed by atoms with E-state index < -0.39 is 11.5 Å². The number of nitrogens with zero attached hydrogens (tertiary/aromatic N) is 5. The molecular weight excluding hydrogens is 334 g/mol. The molecule has 1 fully saturated rings. The van der Waals surface area contributed by atoms with Gasteiger partial charge in [-0.15, -0.1) is 0 Å². The summed E-state index contributed by atoms with van der Waals surface area (Å²) in [4.78, 5) is 30.5. The van der Waals surface area contributed by atoms with Gasteiger partial charge in [-0.2, -0.15) is 5.10 Å². The van der Waals surface area contributed by atoms with Gasteiger partial charge in [0.05, 0.1) is 12.0 Å². The molecule has 0 atom stereocenters. The predicted octanol–water partition coefficient (Wildman–Crippen LogP) is 1.53. The van der Waals surface area contributed by atoms with Crippen molar-refractivity contribution in [2.24, 2.45) is 13.0 Å². The van der Waals surface area contributed by atoms with E-state index in [1.807, 2.05) is 6.07 Å². The van der Waals surface area contributed by atoms with Crippen LogP contribution in [-0.4, -0.2) is 54.3 Å². The summed E-state index contributed by atoms with van der Waals surface area (Å²) >= 11 is 0. The van der Waals surface area contributed by atoms with Crippen LogP contribution in [0.1, 0.15) is 42.9 Å². The minimum absolute atomic E-state index is 0.0976. The molecule has 8 nitrogen and oxygen atoms in total. The first-order valence-corrected chi connectivity index (χ1v) is 8.87. The molecule has 2 aromatic rings. The van der Waals surface area contributed by atoms with Gasteiger partial charge < -0.3 is 14.6 Å². The average molecular weight is 359 g/mol. The Bertz CT molecular complexity index is 786. The number of amides is 1. The van der Waals surface area contributed by atoms with Crippen LogP contribution in [0.4, 0.5) is 0 Å². The van der Waals surface area contributed by atoms with Gasteiger partial charge in [0.15, 0.2) is 0 Å². The van der Waals surface area contributed by atoms with Crippen molar-refractivity contribution in [3.8, 4) is 0 Å². The Labute approximate surface area is 152 Å². The van der Waals surface area contributed by atoms with Crippen molar-refractivity contribution in [3.05, 3.63) is 36.2 Å². The van der Waals surface area contributed by atoms with Crippen LogP contribution in [0, 0.1) is 5.92 Å². The van der Waals surface area contributed by atoms with E-state index in [1.165, 1.54) is 6.33 Å². The number of hydrogen-bond acceptors (Lipinski definition) is 4. The highest BCUT2D eigenvalue weighted by molar-refractivity contribution is 5.93. The standard InChI is InChI=1S/C18H25N5O3/c1-13(2)10-14-11-15(21(3)20-14)16(24)22-7-4-18(5-8-22,17(25)26)23-9-6-19-12-23/h6,9,11-13H,4-5,7-8,10H2,1-3H3,(H,25,26). The fourth-order valence-electron chi connectivity index (χ4n) is 3.58. The van der Waals surface area contributed by atoms with E-state index in [4.69, 9.17) is 0 Å². The number of imidazole rings is 1. The number of carboxylic acid groups (broad SMARTS) is 1. The minimum atomic E-state index is -1.04. The molecular formula is C18H25N5O3. The number of carboxylic acids is 1. The van der Waals surface area contributed by atoms with Gasteiger partial charge in [-0.05, 0) is 31.2 Å². The van der Waals surface area contributed by atoms with Crippen LogP contribution in [0.25, 0.3) is 0 Å². The summed E-state index contributed by atoms with van der Waals surface area (Å²) in [6.07, 6.45) is 6.30. The number of aliphatic carboxylic acids is 1. The summed E-state index contributed by atoms with van der Waals surface area (Å²) in [6.45, 7) is 4.99. The smallest absolute Gasteiger partial charge is 0.330 e. The summed E-state index contributed by atoms with van der Waals surface area (Å²) in [5.41, 5.74) is 0.412. The van der Waals surface area contributed by atoms with Crippen LogP contribution >= 0.6 is 0 Å². The lowest BCUT2D eigenvalue weighted by molar-refractivity contribution is -0.150. The van der Waals surface area contributed by atoms with E-state index in [1.54, 1.807) is 33.6 Å². The van der Waals surface area contributed by atoms with Crippen LogP contribution < -0.4 is 0 Å². The molecule has 1 aliphatic rings. The monoisotopic (exact) mass is 359 g/mol. The van der Waals surface area contributed by atoms with Gasteiger partial charge in [-0.3, -0.25) is 9.48 Å². The second-order valence-corrected chi connectivity index (χ2v) is 7.34. The zero-order chi connectivity index (χ0) is 18.9. The molecule has 3 heterocycles. The summed E-state index contributed by atoms with van der Waals surface area (Å²) in [5.74, 6) is -0.517. The van der Waals surface area contributed by atoms with Crippen LogP contribution in [0.5, 0.6) is 0 Å². The molecule has 0 spiro atoms. The number of aromatic nitrogens is 4. The van der Waals surface area contributed by atoms with Gasteiger partial charge in [0.2, 0.25) is 0 Å². The van der Waals surface area contributed by atoms with E-state index in [2.05, 4.69) is 23.9 Å². The highest BCUT2D eigenvalue weighted by atomic mass is 16.4. The quantitative estimate of drug-likeness (QED) is 0.874. The molecule has 0 saturated carbocycles. The second-order valence-electron chi connectivity index (χ2n) is 7.34. The molecule has 0 unspecified atom stereocenters. The number of hydrogen-bond donors (Lipinski definition) is 1. The van der Waals surface area contributed by atoms with Crippen molar-refractivity contribution in [1.29, 1.82) is 0 Å². The Morgan fingerprint density at radius 2 is 2.00 bits per heavy atom. The van der Waals surface area contributed by atoms with Gasteiger partial charge >= 0.3 is 5.97 Å². The maximum absolute atomic E-state index is 12.9. The summed E-state index contributed by atoms with van der Waals surface area (Å²) in [7, 11) is 1.77.